The number of amides is 2. The number of carboxylic acid groups (broad SMARTS) is 1. The Balaban J connectivity index is -0.000000254. The Bertz CT molecular complexity index is 899. The topological polar surface area (TPSA) is 142 Å². The molecule has 16 heteroatoms. The van der Waals surface area contributed by atoms with E-state index in [1.165, 1.54) is 0 Å². The summed E-state index contributed by atoms with van der Waals surface area (Å²) in [4.78, 5) is 57.5. The van der Waals surface area contributed by atoms with Gasteiger partial charge in [0.25, 0.3) is 0 Å². The van der Waals surface area contributed by atoms with Gasteiger partial charge in [-0.25, -0.2) is 4.79 Å². The van der Waals surface area contributed by atoms with Gasteiger partial charge < -0.3 is 51.4 Å². The van der Waals surface area contributed by atoms with Crippen LogP contribution in [0, 0.1) is 10.3 Å². The molecule has 0 aromatic carbocycles. The number of hydrogen-bond acceptors (Lipinski definition) is 7. The van der Waals surface area contributed by atoms with Crippen LogP contribution < -0.4 is 9.96 Å². The SMILES string of the molecule is CC(C)(C)C=O.C[Si](C)(C)N[Si](C)(C)C.C[Si](C)(C)OC(=O)[C@@H]1CCC(=O)N1[Si](C)(C)C.O=C1CC[C@@H](C(=O)O)N1.[CH2-]I.[V]. The number of nitrogens with one attached hydrogen (secondary N) is 2. The Morgan fingerprint density at radius 2 is 1.34 bits per heavy atom. The van der Waals surface area contributed by atoms with E-state index in [1.807, 2.05) is 67.6 Å². The molecule has 0 saturated carbocycles. The molecule has 2 amide bonds. The number of nitrogens with zero attached hydrogens (tertiary/aromatic N) is 1. The van der Waals surface area contributed by atoms with Crippen LogP contribution in [0.5, 0.6) is 0 Å². The predicted molar refractivity (Wildman–Crippen MR) is 196 cm³/mol. The van der Waals surface area contributed by atoms with Crippen LogP contribution in [0.2, 0.25) is 78.6 Å². The summed E-state index contributed by atoms with van der Waals surface area (Å²) in [5.41, 5.74) is -0.139. The first kappa shape index (κ1) is 50.5. The first-order valence-corrected chi connectivity index (χ1v) is 30.0. The molecule has 0 aliphatic carbocycles. The maximum absolute atomic E-state index is 12.1. The predicted octanol–water partition coefficient (Wildman–Crippen LogP) is 6.23. The van der Waals surface area contributed by atoms with Gasteiger partial charge in [0.2, 0.25) is 20.1 Å². The van der Waals surface area contributed by atoms with E-state index in [9.17, 15) is 24.0 Å². The summed E-state index contributed by atoms with van der Waals surface area (Å²) in [6.07, 6.45) is 2.81. The maximum Gasteiger partial charge on any atom is 0.326 e. The molecular formula is C28H61IN3O7Si4V-. The van der Waals surface area contributed by atoms with Crippen molar-refractivity contribution < 1.29 is 52.1 Å². The number of hydrogen-bond donors (Lipinski definition) is 3. The Hall–Kier alpha value is -0.308. The number of carboxylic acids is 1. The summed E-state index contributed by atoms with van der Waals surface area (Å²) >= 11 is 1.90. The third-order valence-corrected chi connectivity index (χ3v) is 13.8. The molecule has 0 bridgehead atoms. The Labute approximate surface area is 297 Å². The molecule has 1 radical (unpaired) electrons. The molecule has 0 spiro atoms. The molecule has 2 saturated heterocycles. The van der Waals surface area contributed by atoms with Crippen molar-refractivity contribution in [3.8, 4) is 0 Å². The molecule has 2 aliphatic rings. The molecule has 2 aliphatic heterocycles. The van der Waals surface area contributed by atoms with Crippen LogP contribution in [0.25, 0.3) is 0 Å². The average molecular weight is 842 g/mol. The van der Waals surface area contributed by atoms with Crippen LogP contribution in [0.3, 0.4) is 0 Å². The molecule has 259 valence electrons. The smallest absolute Gasteiger partial charge is 0.326 e. The third-order valence-electron chi connectivity index (χ3n) is 5.01. The van der Waals surface area contributed by atoms with Crippen LogP contribution in [-0.2, 0) is 47.0 Å². The van der Waals surface area contributed by atoms with Crippen molar-refractivity contribution in [3.05, 3.63) is 4.93 Å². The third kappa shape index (κ3) is 28.0. The maximum atomic E-state index is 12.1. The second-order valence-corrected chi connectivity index (χ2v) is 34.9. The Morgan fingerprint density at radius 1 is 0.932 bits per heavy atom. The minimum Gasteiger partial charge on any atom is -0.518 e. The van der Waals surface area contributed by atoms with Crippen LogP contribution in [0.15, 0.2) is 0 Å². The fraction of sp³-hybridized carbons (Fsp3) is 0.786. The zero-order valence-electron chi connectivity index (χ0n) is 29.9. The van der Waals surface area contributed by atoms with Gasteiger partial charge >= 0.3 is 11.9 Å². The number of carbonyl (C=O) groups is 5. The average Bonchev–Trinajstić information content (AvgIpc) is 3.38. The fourth-order valence-corrected chi connectivity index (χ4v) is 15.8. The van der Waals surface area contributed by atoms with E-state index in [-0.39, 0.29) is 47.8 Å². The Kier molecular flexibility index (Phi) is 24.7. The summed E-state index contributed by atoms with van der Waals surface area (Å²) in [7, 11) is -5.62. The molecule has 44 heavy (non-hydrogen) atoms. The molecule has 0 aromatic rings. The second-order valence-electron chi connectivity index (χ2n) is 15.6. The van der Waals surface area contributed by atoms with Gasteiger partial charge in [-0.05, 0) is 32.5 Å². The van der Waals surface area contributed by atoms with E-state index in [2.05, 4.69) is 73.8 Å². The van der Waals surface area contributed by atoms with E-state index in [0.29, 0.717) is 25.7 Å². The molecule has 2 fully saturated rings. The quantitative estimate of drug-likeness (QED) is 0.124. The van der Waals surface area contributed by atoms with Gasteiger partial charge in [-0.2, -0.15) is 0 Å². The van der Waals surface area contributed by atoms with Crippen molar-refractivity contribution in [2.75, 3.05) is 0 Å². The molecule has 2 atom stereocenters. The van der Waals surface area contributed by atoms with Crippen molar-refractivity contribution in [2.24, 2.45) is 5.41 Å². The number of rotatable bonds is 6. The van der Waals surface area contributed by atoms with E-state index >= 15 is 0 Å². The minimum absolute atomic E-state index is 0. The van der Waals surface area contributed by atoms with Gasteiger partial charge in [0, 0.05) is 36.8 Å². The largest absolute Gasteiger partial charge is 0.518 e. The van der Waals surface area contributed by atoms with Crippen molar-refractivity contribution in [2.45, 2.75) is 137 Å². The number of aliphatic carboxylic acids is 1. The van der Waals surface area contributed by atoms with Crippen molar-refractivity contribution in [1.29, 1.82) is 0 Å². The van der Waals surface area contributed by atoms with E-state index in [0.717, 1.165) is 6.29 Å². The van der Waals surface area contributed by atoms with Gasteiger partial charge in [0.05, 0.1) is 0 Å². The summed E-state index contributed by atoms with van der Waals surface area (Å²) in [6, 6.07) is -0.974. The van der Waals surface area contributed by atoms with Gasteiger partial charge in [0.15, 0.2) is 8.24 Å². The molecular weight excluding hydrogens is 781 g/mol. The zero-order valence-corrected chi connectivity index (χ0v) is 37.5. The zero-order chi connectivity index (χ0) is 35.2. The van der Waals surface area contributed by atoms with Crippen LogP contribution in [0.4, 0.5) is 0 Å². The summed E-state index contributed by atoms with van der Waals surface area (Å²) in [6.45, 7) is 32.0. The van der Waals surface area contributed by atoms with Crippen LogP contribution >= 0.6 is 22.6 Å². The van der Waals surface area contributed by atoms with E-state index in [1.54, 1.807) is 0 Å². The molecule has 3 N–H and O–H groups in total. The van der Waals surface area contributed by atoms with Gasteiger partial charge in [-0.15, -0.1) is 0 Å². The normalized spacial score (nSPS) is 18.2. The minimum atomic E-state index is -1.87. The molecule has 2 heterocycles. The Morgan fingerprint density at radius 3 is 1.55 bits per heavy atom. The molecule has 2 rings (SSSR count). The molecule has 0 unspecified atom stereocenters. The van der Waals surface area contributed by atoms with Crippen molar-refractivity contribution in [3.63, 3.8) is 0 Å². The van der Waals surface area contributed by atoms with Gasteiger partial charge in [-0.1, -0.05) is 79.7 Å². The van der Waals surface area contributed by atoms with E-state index in [4.69, 9.17) is 9.53 Å². The van der Waals surface area contributed by atoms with Crippen LogP contribution in [-0.4, -0.2) is 84.8 Å². The summed E-state index contributed by atoms with van der Waals surface area (Å²) in [5, 5.41) is 10.6. The number of halogens is 1. The first-order valence-electron chi connectivity index (χ1n) is 14.6. The standard InChI is InChI=1S/C11H23NO3Si2.C6H19NSi2.C5H7NO3.C5H10O.CH2I.V/c1-16(2,3)12-9(7-8-10(12)13)11(14)15-17(4,5)6;1-8(2,3)7-9(4,5)6;7-4-2-1-3(6-4)5(8)9;1-5(2,3)4-6;1-2;/h9H,7-8H2,1-6H3;7H,1-6H3;3H,1-2H2,(H,6,7)(H,8,9);4H,1-3H3;1H2;/q;;;;-1;/t9-;;3-;;;/m0.0.../s1. The second kappa shape index (κ2) is 21.5. The van der Waals surface area contributed by atoms with Gasteiger partial charge in [-0.3, -0.25) is 19.3 Å². The van der Waals surface area contributed by atoms with Gasteiger partial charge in [0.1, 0.15) is 34.8 Å². The monoisotopic (exact) mass is 841 g/mol. The van der Waals surface area contributed by atoms with Crippen LogP contribution in [0.1, 0.15) is 46.5 Å². The number of carbonyl (C=O) groups excluding carboxylic acids is 4. The van der Waals surface area contributed by atoms with Crippen molar-refractivity contribution in [1.82, 2.24) is 14.5 Å². The van der Waals surface area contributed by atoms with E-state index < -0.39 is 45.0 Å². The number of aldehydes is 1. The van der Waals surface area contributed by atoms with Crippen molar-refractivity contribution >= 4 is 85.7 Å². The summed E-state index contributed by atoms with van der Waals surface area (Å²) in [5.74, 6) is -1.19. The summed E-state index contributed by atoms with van der Waals surface area (Å²) < 4.78 is 11.1. The first-order chi connectivity index (χ1) is 19.0. The molecule has 10 nitrogen and oxygen atoms in total. The molecule has 0 aromatic heterocycles. The fourth-order valence-electron chi connectivity index (χ4n) is 4.04.